The van der Waals surface area contributed by atoms with E-state index in [0.29, 0.717) is 37.7 Å². The van der Waals surface area contributed by atoms with Crippen LogP contribution in [0.1, 0.15) is 40.2 Å². The summed E-state index contributed by atoms with van der Waals surface area (Å²) in [6.07, 6.45) is 0. The zero-order valence-corrected chi connectivity index (χ0v) is 19.2. The molecule has 2 aromatic rings. The molecular weight excluding hydrogens is 404 g/mol. The van der Waals surface area contributed by atoms with Crippen molar-refractivity contribution in [3.8, 4) is 5.75 Å². The van der Waals surface area contributed by atoms with E-state index in [4.69, 9.17) is 14.2 Å². The minimum Gasteiger partial charge on any atom is -0.491 e. The summed E-state index contributed by atoms with van der Waals surface area (Å²) in [6.45, 7) is 11.1. The molecule has 0 aliphatic rings. The predicted molar refractivity (Wildman–Crippen MR) is 116 cm³/mol. The summed E-state index contributed by atoms with van der Waals surface area (Å²) in [5.41, 5.74) is -0.554. The molecule has 0 aliphatic heterocycles. The van der Waals surface area contributed by atoms with Gasteiger partial charge in [-0.1, -0.05) is 12.1 Å². The first-order valence-electron chi connectivity index (χ1n) is 9.92. The largest absolute Gasteiger partial charge is 0.491 e. The van der Waals surface area contributed by atoms with Gasteiger partial charge < -0.3 is 19.3 Å². The van der Waals surface area contributed by atoms with Gasteiger partial charge in [0.1, 0.15) is 12.4 Å². The molecule has 7 heteroatoms. The third-order valence-electron chi connectivity index (χ3n) is 4.26. The molecular formula is C23H32O6S. The van der Waals surface area contributed by atoms with Crippen molar-refractivity contribution in [3.05, 3.63) is 54.1 Å². The molecule has 0 aromatic heterocycles. The van der Waals surface area contributed by atoms with Crippen molar-refractivity contribution in [1.82, 2.24) is 0 Å². The minimum absolute atomic E-state index is 0.176. The Bertz CT molecular complexity index is 889. The first-order chi connectivity index (χ1) is 13.9. The number of hydrogen-bond acceptors (Lipinski definition) is 6. The second kappa shape index (κ2) is 9.92. The molecule has 0 atom stereocenters. The lowest BCUT2D eigenvalue weighted by Gasteiger charge is -2.19. The van der Waals surface area contributed by atoms with Gasteiger partial charge in [0, 0.05) is 0 Å². The molecule has 1 N–H and O–H groups in total. The molecule has 0 saturated heterocycles. The van der Waals surface area contributed by atoms with Gasteiger partial charge in [-0.25, -0.2) is 8.42 Å². The van der Waals surface area contributed by atoms with Gasteiger partial charge in [-0.05, 0) is 76.6 Å². The summed E-state index contributed by atoms with van der Waals surface area (Å²) in [5.74, 6) is 0.570. The molecule has 30 heavy (non-hydrogen) atoms. The Kier molecular flexibility index (Phi) is 8.05. The van der Waals surface area contributed by atoms with Crippen LogP contribution in [0.15, 0.2) is 58.3 Å². The number of sulfone groups is 1. The molecule has 166 valence electrons. The summed E-state index contributed by atoms with van der Waals surface area (Å²) in [5, 5.41) is 10.0. The van der Waals surface area contributed by atoms with Crippen LogP contribution in [0.25, 0.3) is 0 Å². The molecule has 6 nitrogen and oxygen atoms in total. The smallest absolute Gasteiger partial charge is 0.206 e. The van der Waals surface area contributed by atoms with Crippen LogP contribution in [-0.4, -0.2) is 45.6 Å². The maximum Gasteiger partial charge on any atom is 0.206 e. The fourth-order valence-electron chi connectivity index (χ4n) is 2.62. The normalized spacial score (nSPS) is 12.7. The van der Waals surface area contributed by atoms with Crippen molar-refractivity contribution in [3.63, 3.8) is 0 Å². The Morgan fingerprint density at radius 2 is 1.27 bits per heavy atom. The van der Waals surface area contributed by atoms with Crippen LogP contribution in [0.2, 0.25) is 0 Å². The van der Waals surface area contributed by atoms with Crippen LogP contribution in [0.4, 0.5) is 0 Å². The van der Waals surface area contributed by atoms with E-state index in [9.17, 15) is 13.5 Å². The molecule has 0 bridgehead atoms. The quantitative estimate of drug-likeness (QED) is 0.568. The van der Waals surface area contributed by atoms with Crippen molar-refractivity contribution in [2.24, 2.45) is 0 Å². The van der Waals surface area contributed by atoms with Crippen molar-refractivity contribution < 1.29 is 27.7 Å². The van der Waals surface area contributed by atoms with Gasteiger partial charge >= 0.3 is 0 Å². The highest BCUT2D eigenvalue weighted by molar-refractivity contribution is 7.91. The average Bonchev–Trinajstić information content (AvgIpc) is 2.66. The lowest BCUT2D eigenvalue weighted by Crippen LogP contribution is -2.22. The fourth-order valence-corrected chi connectivity index (χ4v) is 3.88. The van der Waals surface area contributed by atoms with Crippen molar-refractivity contribution in [1.29, 1.82) is 0 Å². The first-order valence-corrected chi connectivity index (χ1v) is 11.4. The Hall–Kier alpha value is -1.93. The van der Waals surface area contributed by atoms with Crippen molar-refractivity contribution in [2.45, 2.75) is 55.6 Å². The summed E-state index contributed by atoms with van der Waals surface area (Å²) < 4.78 is 42.2. The van der Waals surface area contributed by atoms with Gasteiger partial charge in [0.15, 0.2) is 0 Å². The molecule has 0 aliphatic carbocycles. The van der Waals surface area contributed by atoms with E-state index < -0.39 is 15.4 Å². The zero-order valence-electron chi connectivity index (χ0n) is 18.3. The van der Waals surface area contributed by atoms with Crippen LogP contribution >= 0.6 is 0 Å². The SMILES string of the molecule is CC(C)(C)OCCOCCOc1ccc(S(=O)(=O)c2ccc(C(C)(C)O)cc2)cc1. The maximum absolute atomic E-state index is 12.8. The number of rotatable bonds is 10. The van der Waals surface area contributed by atoms with E-state index >= 15 is 0 Å². The Labute approximate surface area is 179 Å². The van der Waals surface area contributed by atoms with Gasteiger partial charge in [-0.15, -0.1) is 0 Å². The highest BCUT2D eigenvalue weighted by atomic mass is 32.2. The highest BCUT2D eigenvalue weighted by Crippen LogP contribution is 2.26. The topological polar surface area (TPSA) is 82.1 Å². The Balaban J connectivity index is 1.87. The van der Waals surface area contributed by atoms with Gasteiger partial charge in [0.25, 0.3) is 0 Å². The van der Waals surface area contributed by atoms with Crippen LogP contribution < -0.4 is 4.74 Å². The van der Waals surface area contributed by atoms with Gasteiger partial charge in [0.05, 0.1) is 40.8 Å². The summed E-state index contributed by atoms with van der Waals surface area (Å²) >= 11 is 0. The van der Waals surface area contributed by atoms with Crippen molar-refractivity contribution in [2.75, 3.05) is 26.4 Å². The number of hydrogen-bond donors (Lipinski definition) is 1. The molecule has 2 rings (SSSR count). The monoisotopic (exact) mass is 436 g/mol. The van der Waals surface area contributed by atoms with E-state index in [1.807, 2.05) is 20.8 Å². The van der Waals surface area contributed by atoms with Crippen molar-refractivity contribution >= 4 is 9.84 Å². The van der Waals surface area contributed by atoms with Gasteiger partial charge in [0.2, 0.25) is 9.84 Å². The van der Waals surface area contributed by atoms with Crippen LogP contribution in [0.3, 0.4) is 0 Å². The second-order valence-electron chi connectivity index (χ2n) is 8.48. The van der Waals surface area contributed by atoms with Crippen LogP contribution in [-0.2, 0) is 24.9 Å². The van der Waals surface area contributed by atoms with Crippen LogP contribution in [0.5, 0.6) is 5.75 Å². The summed E-state index contributed by atoms with van der Waals surface area (Å²) in [4.78, 5) is 0.358. The van der Waals surface area contributed by atoms with E-state index in [1.54, 1.807) is 38.1 Å². The molecule has 0 amide bonds. The molecule has 0 radical (unpaired) electrons. The first kappa shape index (κ1) is 24.3. The second-order valence-corrected chi connectivity index (χ2v) is 10.4. The van der Waals surface area contributed by atoms with E-state index in [2.05, 4.69) is 0 Å². The molecule has 2 aromatic carbocycles. The van der Waals surface area contributed by atoms with Gasteiger partial charge in [-0.3, -0.25) is 0 Å². The number of aliphatic hydroxyl groups is 1. The van der Waals surface area contributed by atoms with Crippen LogP contribution in [0, 0.1) is 0 Å². The Morgan fingerprint density at radius 1 is 0.767 bits per heavy atom. The van der Waals surface area contributed by atoms with E-state index in [1.165, 1.54) is 24.3 Å². The molecule has 0 spiro atoms. The third kappa shape index (κ3) is 7.40. The molecule has 0 heterocycles. The average molecular weight is 437 g/mol. The van der Waals surface area contributed by atoms with E-state index in [0.717, 1.165) is 0 Å². The number of benzene rings is 2. The lowest BCUT2D eigenvalue weighted by molar-refractivity contribution is -0.0375. The molecule has 0 fully saturated rings. The highest BCUT2D eigenvalue weighted by Gasteiger charge is 2.20. The fraction of sp³-hybridized carbons (Fsp3) is 0.478. The summed E-state index contributed by atoms with van der Waals surface area (Å²) in [6, 6.07) is 12.6. The molecule has 0 unspecified atom stereocenters. The minimum atomic E-state index is -3.64. The van der Waals surface area contributed by atoms with E-state index in [-0.39, 0.29) is 15.4 Å². The Morgan fingerprint density at radius 3 is 1.77 bits per heavy atom. The maximum atomic E-state index is 12.8. The third-order valence-corrected chi connectivity index (χ3v) is 6.05. The van der Waals surface area contributed by atoms with Gasteiger partial charge in [-0.2, -0.15) is 0 Å². The summed E-state index contributed by atoms with van der Waals surface area (Å²) in [7, 11) is -3.64. The molecule has 0 saturated carbocycles. The predicted octanol–water partition coefficient (Wildman–Crippen LogP) is 3.96. The standard InChI is InChI=1S/C23H32O6S/c1-22(2,3)29-17-15-27-14-16-28-19-8-12-21(13-9-19)30(25,26)20-10-6-18(7-11-20)23(4,5)24/h6-13,24H,14-17H2,1-5H3. The zero-order chi connectivity index (χ0) is 22.4. The lowest BCUT2D eigenvalue weighted by atomic mass is 9.99. The number of ether oxygens (including phenoxy) is 3.